The molecule has 3 aromatic rings. The Morgan fingerprint density at radius 2 is 1.68 bits per heavy atom. The van der Waals surface area contributed by atoms with E-state index in [9.17, 15) is 9.59 Å². The zero-order valence-electron chi connectivity index (χ0n) is 15.5. The smallest absolute Gasteiger partial charge is 0.272 e. The normalized spacial score (nSPS) is 11.2. The minimum atomic E-state index is -0.487. The molecule has 1 heterocycles. The molecule has 3 rings (SSSR count). The zero-order valence-corrected chi connectivity index (χ0v) is 16.2. The van der Waals surface area contributed by atoms with Crippen LogP contribution in [0.3, 0.4) is 0 Å². The lowest BCUT2D eigenvalue weighted by molar-refractivity contribution is -0.113. The molecular formula is C22H19ClN2O3. The van der Waals surface area contributed by atoms with E-state index in [1.807, 2.05) is 19.1 Å². The van der Waals surface area contributed by atoms with Crippen molar-refractivity contribution >= 4 is 35.2 Å². The van der Waals surface area contributed by atoms with Gasteiger partial charge in [-0.05, 0) is 50.2 Å². The summed E-state index contributed by atoms with van der Waals surface area (Å²) in [4.78, 5) is 25.4. The van der Waals surface area contributed by atoms with Gasteiger partial charge >= 0.3 is 0 Å². The number of aryl methyl sites for hydroxylation is 2. The summed E-state index contributed by atoms with van der Waals surface area (Å²) < 4.78 is 5.51. The van der Waals surface area contributed by atoms with Crippen molar-refractivity contribution in [2.75, 3.05) is 5.32 Å². The minimum absolute atomic E-state index is 0.0415. The van der Waals surface area contributed by atoms with Crippen molar-refractivity contribution in [1.82, 2.24) is 5.32 Å². The number of hydrogen-bond acceptors (Lipinski definition) is 3. The van der Waals surface area contributed by atoms with Gasteiger partial charge in [0.25, 0.3) is 11.8 Å². The fourth-order valence-corrected chi connectivity index (χ4v) is 2.72. The molecule has 0 aliphatic rings. The van der Waals surface area contributed by atoms with Crippen LogP contribution < -0.4 is 10.6 Å². The van der Waals surface area contributed by atoms with Gasteiger partial charge in [-0.15, -0.1) is 0 Å². The number of benzene rings is 2. The van der Waals surface area contributed by atoms with Gasteiger partial charge in [0.2, 0.25) is 0 Å². The van der Waals surface area contributed by atoms with Crippen LogP contribution in [-0.4, -0.2) is 11.8 Å². The number of halogens is 1. The molecule has 0 aliphatic carbocycles. The largest absolute Gasteiger partial charge is 0.462 e. The second-order valence-corrected chi connectivity index (χ2v) is 6.67. The van der Waals surface area contributed by atoms with Crippen molar-refractivity contribution in [3.63, 3.8) is 0 Å². The second kappa shape index (κ2) is 8.59. The molecule has 0 atom stereocenters. The van der Waals surface area contributed by atoms with Gasteiger partial charge in [0, 0.05) is 11.8 Å². The van der Waals surface area contributed by atoms with Crippen LogP contribution in [0.1, 0.15) is 27.4 Å². The third-order valence-electron chi connectivity index (χ3n) is 3.97. The molecule has 2 aromatic carbocycles. The van der Waals surface area contributed by atoms with Crippen LogP contribution in [0.5, 0.6) is 0 Å². The second-order valence-electron chi connectivity index (χ2n) is 6.26. The fourth-order valence-electron chi connectivity index (χ4n) is 2.50. The molecular weight excluding hydrogens is 376 g/mol. The number of rotatable bonds is 5. The SMILES string of the molecule is Cc1ccc(NC(=O)/C(=C\c2ccc(C)o2)NC(=O)c2ccccc2Cl)cc1. The van der Waals surface area contributed by atoms with E-state index >= 15 is 0 Å². The molecule has 0 bridgehead atoms. The summed E-state index contributed by atoms with van der Waals surface area (Å²) in [6.45, 7) is 3.76. The van der Waals surface area contributed by atoms with E-state index < -0.39 is 11.8 Å². The molecule has 2 N–H and O–H groups in total. The first-order chi connectivity index (χ1) is 13.4. The number of nitrogens with one attached hydrogen (secondary N) is 2. The van der Waals surface area contributed by atoms with Crippen LogP contribution in [0, 0.1) is 13.8 Å². The minimum Gasteiger partial charge on any atom is -0.462 e. The van der Waals surface area contributed by atoms with E-state index in [-0.39, 0.29) is 11.3 Å². The van der Waals surface area contributed by atoms with E-state index in [0.717, 1.165) is 5.56 Å². The average Bonchev–Trinajstić information content (AvgIpc) is 3.08. The van der Waals surface area contributed by atoms with Gasteiger partial charge in [-0.3, -0.25) is 9.59 Å². The number of hydrogen-bond donors (Lipinski definition) is 2. The fraction of sp³-hybridized carbons (Fsp3) is 0.0909. The molecule has 28 heavy (non-hydrogen) atoms. The predicted molar refractivity (Wildman–Crippen MR) is 110 cm³/mol. The highest BCUT2D eigenvalue weighted by atomic mass is 35.5. The van der Waals surface area contributed by atoms with E-state index in [1.54, 1.807) is 55.5 Å². The monoisotopic (exact) mass is 394 g/mol. The Hall–Kier alpha value is -3.31. The maximum atomic E-state index is 12.8. The number of anilines is 1. The summed E-state index contributed by atoms with van der Waals surface area (Å²) in [7, 11) is 0. The summed E-state index contributed by atoms with van der Waals surface area (Å²) in [6, 6.07) is 17.5. The Balaban J connectivity index is 1.87. The number of carbonyl (C=O) groups is 2. The Morgan fingerprint density at radius 3 is 2.32 bits per heavy atom. The molecule has 0 saturated heterocycles. The maximum absolute atomic E-state index is 12.8. The molecule has 0 unspecified atom stereocenters. The van der Waals surface area contributed by atoms with Crippen LogP contribution in [0.15, 0.2) is 70.8 Å². The first-order valence-corrected chi connectivity index (χ1v) is 9.02. The van der Waals surface area contributed by atoms with Crippen molar-refractivity contribution in [3.8, 4) is 0 Å². The number of amides is 2. The van der Waals surface area contributed by atoms with Crippen LogP contribution in [0.25, 0.3) is 6.08 Å². The third-order valence-corrected chi connectivity index (χ3v) is 4.30. The van der Waals surface area contributed by atoms with Gasteiger partial charge in [-0.25, -0.2) is 0 Å². The first kappa shape index (κ1) is 19.5. The molecule has 0 radical (unpaired) electrons. The topological polar surface area (TPSA) is 71.3 Å². The van der Waals surface area contributed by atoms with E-state index in [4.69, 9.17) is 16.0 Å². The standard InChI is InChI=1S/C22H19ClN2O3/c1-14-7-10-16(11-8-14)24-22(27)20(13-17-12-9-15(2)28-17)25-21(26)18-5-3-4-6-19(18)23/h3-13H,1-2H3,(H,24,27)(H,25,26)/b20-13+. The first-order valence-electron chi connectivity index (χ1n) is 8.64. The van der Waals surface area contributed by atoms with Crippen LogP contribution in [-0.2, 0) is 4.79 Å². The lowest BCUT2D eigenvalue weighted by Crippen LogP contribution is -2.30. The van der Waals surface area contributed by atoms with E-state index in [1.165, 1.54) is 6.08 Å². The molecule has 0 fully saturated rings. The zero-order chi connectivity index (χ0) is 20.1. The highest BCUT2D eigenvalue weighted by molar-refractivity contribution is 6.34. The van der Waals surface area contributed by atoms with Crippen LogP contribution in [0.2, 0.25) is 5.02 Å². The Morgan fingerprint density at radius 1 is 0.964 bits per heavy atom. The van der Waals surface area contributed by atoms with Crippen molar-refractivity contribution in [1.29, 1.82) is 0 Å². The Bertz CT molecular complexity index is 1040. The molecule has 0 aliphatic heterocycles. The predicted octanol–water partition coefficient (Wildman–Crippen LogP) is 4.96. The molecule has 0 spiro atoms. The van der Waals surface area contributed by atoms with Gasteiger partial charge in [0.15, 0.2) is 0 Å². The molecule has 142 valence electrons. The van der Waals surface area contributed by atoms with E-state index in [0.29, 0.717) is 22.2 Å². The number of furan rings is 1. The summed E-state index contributed by atoms with van der Waals surface area (Å²) >= 11 is 6.09. The molecule has 1 aromatic heterocycles. The van der Waals surface area contributed by atoms with Gasteiger partial charge in [-0.1, -0.05) is 41.4 Å². The van der Waals surface area contributed by atoms with Crippen molar-refractivity contribution in [2.24, 2.45) is 0 Å². The lowest BCUT2D eigenvalue weighted by atomic mass is 10.2. The van der Waals surface area contributed by atoms with Crippen molar-refractivity contribution in [3.05, 3.63) is 94.0 Å². The highest BCUT2D eigenvalue weighted by Gasteiger charge is 2.17. The molecule has 2 amide bonds. The van der Waals surface area contributed by atoms with Crippen LogP contribution >= 0.6 is 11.6 Å². The lowest BCUT2D eigenvalue weighted by Gasteiger charge is -2.11. The van der Waals surface area contributed by atoms with E-state index in [2.05, 4.69) is 10.6 Å². The summed E-state index contributed by atoms with van der Waals surface area (Å²) in [5, 5.41) is 5.70. The maximum Gasteiger partial charge on any atom is 0.272 e. The Labute approximate surface area is 168 Å². The summed E-state index contributed by atoms with van der Waals surface area (Å²) in [5.74, 6) is 0.186. The van der Waals surface area contributed by atoms with Gasteiger partial charge in [0.05, 0.1) is 10.6 Å². The molecule has 5 nitrogen and oxygen atoms in total. The van der Waals surface area contributed by atoms with Gasteiger partial charge in [0.1, 0.15) is 17.2 Å². The summed E-state index contributed by atoms with van der Waals surface area (Å²) in [5.41, 5.74) is 2.00. The van der Waals surface area contributed by atoms with Gasteiger partial charge in [-0.2, -0.15) is 0 Å². The number of carbonyl (C=O) groups excluding carboxylic acids is 2. The summed E-state index contributed by atoms with van der Waals surface area (Å²) in [6.07, 6.45) is 1.48. The highest BCUT2D eigenvalue weighted by Crippen LogP contribution is 2.17. The molecule has 0 saturated carbocycles. The van der Waals surface area contributed by atoms with Crippen LogP contribution in [0.4, 0.5) is 5.69 Å². The quantitative estimate of drug-likeness (QED) is 0.601. The Kier molecular flexibility index (Phi) is 5.96. The average molecular weight is 395 g/mol. The van der Waals surface area contributed by atoms with Crippen molar-refractivity contribution in [2.45, 2.75) is 13.8 Å². The third kappa shape index (κ3) is 4.90. The van der Waals surface area contributed by atoms with Crippen molar-refractivity contribution < 1.29 is 14.0 Å². The van der Waals surface area contributed by atoms with Gasteiger partial charge < -0.3 is 15.1 Å². The molecule has 6 heteroatoms.